The van der Waals surface area contributed by atoms with E-state index in [0.717, 1.165) is 0 Å². The van der Waals surface area contributed by atoms with Crippen molar-refractivity contribution < 1.29 is 23.0 Å². The number of hydrogen-bond acceptors (Lipinski definition) is 5. The quantitative estimate of drug-likeness (QED) is 0.724. The molecule has 0 aliphatic rings. The predicted octanol–water partition coefficient (Wildman–Crippen LogP) is 1.61. The molecule has 0 spiro atoms. The van der Waals surface area contributed by atoms with Crippen LogP contribution in [0.2, 0.25) is 0 Å². The van der Waals surface area contributed by atoms with Crippen LogP contribution >= 0.6 is 0 Å². The van der Waals surface area contributed by atoms with Crippen LogP contribution < -0.4 is 14.2 Å². The molecule has 0 aliphatic carbocycles. The van der Waals surface area contributed by atoms with Gasteiger partial charge < -0.3 is 14.6 Å². The van der Waals surface area contributed by atoms with Crippen LogP contribution in [-0.4, -0.2) is 39.1 Å². The Kier molecular flexibility index (Phi) is 6.60. The largest absolute Gasteiger partial charge is 0.490 e. The molecular weight excluding hydrogens is 282 g/mol. The van der Waals surface area contributed by atoms with E-state index in [1.807, 2.05) is 13.8 Å². The van der Waals surface area contributed by atoms with E-state index in [0.29, 0.717) is 30.4 Å². The van der Waals surface area contributed by atoms with Crippen molar-refractivity contribution in [2.24, 2.45) is 0 Å². The van der Waals surface area contributed by atoms with E-state index in [2.05, 4.69) is 4.72 Å². The molecule has 0 aromatic heterocycles. The number of anilines is 1. The third kappa shape index (κ3) is 5.26. The average Bonchev–Trinajstić information content (AvgIpc) is 2.40. The normalized spacial score (nSPS) is 11.2. The van der Waals surface area contributed by atoms with Gasteiger partial charge in [-0.05, 0) is 32.4 Å². The molecule has 0 saturated carbocycles. The lowest BCUT2D eigenvalue weighted by Gasteiger charge is -2.13. The molecule has 0 radical (unpaired) electrons. The van der Waals surface area contributed by atoms with Crippen LogP contribution in [0.1, 0.15) is 20.3 Å². The van der Waals surface area contributed by atoms with Gasteiger partial charge in [-0.3, -0.25) is 4.72 Å². The molecule has 2 N–H and O–H groups in total. The van der Waals surface area contributed by atoms with E-state index >= 15 is 0 Å². The topological polar surface area (TPSA) is 84.9 Å². The van der Waals surface area contributed by atoms with Crippen LogP contribution in [0, 0.1) is 0 Å². The van der Waals surface area contributed by atoms with Crippen molar-refractivity contribution in [1.82, 2.24) is 0 Å². The highest BCUT2D eigenvalue weighted by Gasteiger charge is 2.12. The maximum atomic E-state index is 11.7. The molecule has 6 nitrogen and oxygen atoms in total. The molecule has 114 valence electrons. The minimum absolute atomic E-state index is 0.124. The lowest BCUT2D eigenvalue weighted by atomic mass is 10.3. The van der Waals surface area contributed by atoms with Crippen molar-refractivity contribution in [2.75, 3.05) is 30.3 Å². The average molecular weight is 303 g/mol. The van der Waals surface area contributed by atoms with E-state index in [1.165, 1.54) is 0 Å². The van der Waals surface area contributed by atoms with Gasteiger partial charge in [0.15, 0.2) is 11.5 Å². The number of benzene rings is 1. The SMILES string of the molecule is CCOc1ccc(NS(=O)(=O)CCCO)cc1OCC. The maximum Gasteiger partial charge on any atom is 0.232 e. The summed E-state index contributed by atoms with van der Waals surface area (Å²) in [4.78, 5) is 0. The van der Waals surface area contributed by atoms with E-state index < -0.39 is 10.0 Å². The van der Waals surface area contributed by atoms with Gasteiger partial charge in [0.25, 0.3) is 0 Å². The minimum atomic E-state index is -3.46. The Morgan fingerprint density at radius 3 is 2.40 bits per heavy atom. The van der Waals surface area contributed by atoms with Crippen LogP contribution in [0.5, 0.6) is 11.5 Å². The van der Waals surface area contributed by atoms with Crippen molar-refractivity contribution in [3.63, 3.8) is 0 Å². The van der Waals surface area contributed by atoms with Gasteiger partial charge in [0.2, 0.25) is 10.0 Å². The molecule has 0 bridgehead atoms. The van der Waals surface area contributed by atoms with Gasteiger partial charge in [-0.1, -0.05) is 0 Å². The highest BCUT2D eigenvalue weighted by atomic mass is 32.2. The van der Waals surface area contributed by atoms with Gasteiger partial charge >= 0.3 is 0 Å². The summed E-state index contributed by atoms with van der Waals surface area (Å²) in [5, 5.41) is 8.68. The van der Waals surface area contributed by atoms with E-state index in [-0.39, 0.29) is 18.8 Å². The first-order chi connectivity index (χ1) is 9.52. The Bertz CT molecular complexity index is 515. The second-order valence-electron chi connectivity index (χ2n) is 4.03. The van der Waals surface area contributed by atoms with Gasteiger partial charge in [0.05, 0.1) is 24.7 Å². The third-order valence-corrected chi connectivity index (χ3v) is 3.76. The lowest BCUT2D eigenvalue weighted by molar-refractivity contribution is 0.288. The molecule has 1 aromatic carbocycles. The molecule has 0 amide bonds. The standard InChI is InChI=1S/C13H21NO5S/c1-3-18-12-7-6-11(10-13(12)19-4-2)14-20(16,17)9-5-8-15/h6-7,10,14-15H,3-5,8-9H2,1-2H3. The maximum absolute atomic E-state index is 11.7. The first-order valence-corrected chi connectivity index (χ1v) is 8.18. The molecule has 7 heteroatoms. The zero-order valence-electron chi connectivity index (χ0n) is 11.8. The summed E-state index contributed by atoms with van der Waals surface area (Å²) in [5.74, 6) is 0.949. The van der Waals surface area contributed by atoms with Gasteiger partial charge in [-0.15, -0.1) is 0 Å². The van der Waals surface area contributed by atoms with Crippen LogP contribution in [-0.2, 0) is 10.0 Å². The molecule has 20 heavy (non-hydrogen) atoms. The number of nitrogens with one attached hydrogen (secondary N) is 1. The number of aliphatic hydroxyl groups is 1. The number of hydrogen-bond donors (Lipinski definition) is 2. The number of ether oxygens (including phenoxy) is 2. The van der Waals surface area contributed by atoms with Crippen molar-refractivity contribution in [2.45, 2.75) is 20.3 Å². The summed E-state index contributed by atoms with van der Waals surface area (Å²) in [6, 6.07) is 4.87. The third-order valence-electron chi connectivity index (χ3n) is 2.39. The summed E-state index contributed by atoms with van der Waals surface area (Å²) in [7, 11) is -3.46. The highest BCUT2D eigenvalue weighted by Crippen LogP contribution is 2.31. The van der Waals surface area contributed by atoms with Crippen LogP contribution in [0.15, 0.2) is 18.2 Å². The number of aliphatic hydroxyl groups excluding tert-OH is 1. The Morgan fingerprint density at radius 2 is 1.80 bits per heavy atom. The van der Waals surface area contributed by atoms with E-state index in [4.69, 9.17) is 14.6 Å². The summed E-state index contributed by atoms with van der Waals surface area (Å²) < 4.78 is 36.8. The minimum Gasteiger partial charge on any atom is -0.490 e. The summed E-state index contributed by atoms with van der Waals surface area (Å²) in [5.41, 5.74) is 0.412. The Hall–Kier alpha value is -1.47. The summed E-state index contributed by atoms with van der Waals surface area (Å²) >= 11 is 0. The van der Waals surface area contributed by atoms with E-state index in [9.17, 15) is 8.42 Å². The number of rotatable bonds is 9. The second kappa shape index (κ2) is 7.96. The van der Waals surface area contributed by atoms with Crippen LogP contribution in [0.4, 0.5) is 5.69 Å². The fourth-order valence-electron chi connectivity index (χ4n) is 1.60. The molecule has 0 atom stereocenters. The van der Waals surface area contributed by atoms with Gasteiger partial charge in [0.1, 0.15) is 0 Å². The molecule has 0 unspecified atom stereocenters. The fourth-order valence-corrected chi connectivity index (χ4v) is 2.70. The monoisotopic (exact) mass is 303 g/mol. The van der Waals surface area contributed by atoms with Crippen LogP contribution in [0.25, 0.3) is 0 Å². The van der Waals surface area contributed by atoms with Crippen molar-refractivity contribution in [1.29, 1.82) is 0 Å². The predicted molar refractivity (Wildman–Crippen MR) is 77.9 cm³/mol. The second-order valence-corrected chi connectivity index (χ2v) is 5.87. The lowest BCUT2D eigenvalue weighted by Crippen LogP contribution is -2.17. The molecule has 1 aromatic rings. The highest BCUT2D eigenvalue weighted by molar-refractivity contribution is 7.92. The first kappa shape index (κ1) is 16.6. The van der Waals surface area contributed by atoms with Crippen molar-refractivity contribution in [3.05, 3.63) is 18.2 Å². The molecule has 1 rings (SSSR count). The van der Waals surface area contributed by atoms with Crippen LogP contribution in [0.3, 0.4) is 0 Å². The Balaban J connectivity index is 2.88. The van der Waals surface area contributed by atoms with Crippen molar-refractivity contribution in [3.8, 4) is 11.5 Å². The Labute approximate surface area is 119 Å². The fraction of sp³-hybridized carbons (Fsp3) is 0.538. The van der Waals surface area contributed by atoms with E-state index in [1.54, 1.807) is 18.2 Å². The van der Waals surface area contributed by atoms with Gasteiger partial charge in [0, 0.05) is 12.7 Å². The zero-order valence-corrected chi connectivity index (χ0v) is 12.6. The van der Waals surface area contributed by atoms with Crippen molar-refractivity contribution >= 4 is 15.7 Å². The van der Waals surface area contributed by atoms with Gasteiger partial charge in [-0.25, -0.2) is 8.42 Å². The molecule has 0 aliphatic heterocycles. The summed E-state index contributed by atoms with van der Waals surface area (Å²) in [6.07, 6.45) is 0.199. The molecule has 0 fully saturated rings. The summed E-state index contributed by atoms with van der Waals surface area (Å²) in [6.45, 7) is 4.51. The molecule has 0 heterocycles. The number of sulfonamides is 1. The smallest absolute Gasteiger partial charge is 0.232 e. The first-order valence-electron chi connectivity index (χ1n) is 6.53. The zero-order chi connectivity index (χ0) is 15.0. The van der Waals surface area contributed by atoms with Gasteiger partial charge in [-0.2, -0.15) is 0 Å². The Morgan fingerprint density at radius 1 is 1.15 bits per heavy atom. The molecular formula is C13H21NO5S. The molecule has 0 saturated heterocycles.